The number of hydrogen-bond acceptors (Lipinski definition) is 3. The van der Waals surface area contributed by atoms with E-state index in [0.717, 1.165) is 37.2 Å². The number of benzene rings is 1. The highest BCUT2D eigenvalue weighted by Crippen LogP contribution is 2.19. The second-order valence-corrected chi connectivity index (χ2v) is 4.04. The number of nitrogens with zero attached hydrogens (tertiary/aromatic N) is 1. The summed E-state index contributed by atoms with van der Waals surface area (Å²) in [6.45, 7) is 6.87. The molecule has 1 aromatic carbocycles. The first kappa shape index (κ1) is 13.5. The molecule has 0 aliphatic carbocycles. The summed E-state index contributed by atoms with van der Waals surface area (Å²) in [5, 5.41) is 12.1. The van der Waals surface area contributed by atoms with Gasteiger partial charge in [-0.05, 0) is 50.6 Å². The molecule has 0 amide bonds. The van der Waals surface area contributed by atoms with E-state index in [0.29, 0.717) is 12.2 Å². The van der Waals surface area contributed by atoms with Crippen molar-refractivity contribution in [2.75, 3.05) is 19.7 Å². The molecule has 0 saturated heterocycles. The van der Waals surface area contributed by atoms with Crippen LogP contribution in [0.5, 0.6) is 5.75 Å². The molecular formula is C14H20N2O. The quantitative estimate of drug-likeness (QED) is 0.735. The van der Waals surface area contributed by atoms with Gasteiger partial charge in [-0.15, -0.1) is 0 Å². The summed E-state index contributed by atoms with van der Waals surface area (Å²) in [7, 11) is 0. The Hall–Kier alpha value is -1.53. The van der Waals surface area contributed by atoms with Crippen LogP contribution in [0.1, 0.15) is 30.9 Å². The summed E-state index contributed by atoms with van der Waals surface area (Å²) in [6.07, 6.45) is 2.14. The van der Waals surface area contributed by atoms with Crippen LogP contribution >= 0.6 is 0 Å². The number of hydrogen-bond donors (Lipinski definition) is 1. The highest BCUT2D eigenvalue weighted by Gasteiger charge is 2.01. The number of ether oxygens (including phenoxy) is 1. The second-order valence-electron chi connectivity index (χ2n) is 4.04. The van der Waals surface area contributed by atoms with Gasteiger partial charge in [0, 0.05) is 0 Å². The predicted molar refractivity (Wildman–Crippen MR) is 69.2 cm³/mol. The molecule has 0 aliphatic rings. The average molecular weight is 232 g/mol. The van der Waals surface area contributed by atoms with Crippen molar-refractivity contribution < 1.29 is 4.74 Å². The molecule has 0 heterocycles. The lowest BCUT2D eigenvalue weighted by atomic mass is 10.1. The molecule has 3 nitrogen and oxygen atoms in total. The van der Waals surface area contributed by atoms with Crippen molar-refractivity contribution in [1.82, 2.24) is 5.32 Å². The minimum atomic E-state index is 0.648. The van der Waals surface area contributed by atoms with Crippen LogP contribution in [0.3, 0.4) is 0 Å². The minimum absolute atomic E-state index is 0.648. The second kappa shape index (κ2) is 7.70. The molecule has 1 N–H and O–H groups in total. The molecule has 0 fully saturated rings. The van der Waals surface area contributed by atoms with E-state index in [1.165, 1.54) is 0 Å². The summed E-state index contributed by atoms with van der Waals surface area (Å²) in [5.41, 5.74) is 1.72. The molecule has 3 heteroatoms. The standard InChI is InChI=1S/C14H20N2O/c1-3-7-16-8-4-9-17-14-10-13(11-15)6-5-12(14)2/h5-6,10,16H,3-4,7-9H2,1-2H3. The van der Waals surface area contributed by atoms with Crippen molar-refractivity contribution in [2.45, 2.75) is 26.7 Å². The van der Waals surface area contributed by atoms with E-state index in [1.807, 2.05) is 19.1 Å². The Kier molecular flexibility index (Phi) is 6.13. The maximum absolute atomic E-state index is 8.81. The molecule has 0 aliphatic heterocycles. The summed E-state index contributed by atoms with van der Waals surface area (Å²) >= 11 is 0. The van der Waals surface area contributed by atoms with Crippen molar-refractivity contribution in [3.8, 4) is 11.8 Å². The molecular weight excluding hydrogens is 212 g/mol. The van der Waals surface area contributed by atoms with Crippen molar-refractivity contribution in [3.63, 3.8) is 0 Å². The number of nitriles is 1. The van der Waals surface area contributed by atoms with Gasteiger partial charge in [0.1, 0.15) is 5.75 Å². The molecule has 0 atom stereocenters. The first-order chi connectivity index (χ1) is 8.27. The molecule has 0 saturated carbocycles. The van der Waals surface area contributed by atoms with Gasteiger partial charge in [-0.2, -0.15) is 5.26 Å². The van der Waals surface area contributed by atoms with Crippen molar-refractivity contribution in [2.24, 2.45) is 0 Å². The third-order valence-corrected chi connectivity index (χ3v) is 2.50. The van der Waals surface area contributed by atoms with Crippen LogP contribution in [0, 0.1) is 18.3 Å². The van der Waals surface area contributed by atoms with Gasteiger partial charge >= 0.3 is 0 Å². The third kappa shape index (κ3) is 4.88. The van der Waals surface area contributed by atoms with Crippen molar-refractivity contribution in [1.29, 1.82) is 5.26 Å². The van der Waals surface area contributed by atoms with E-state index in [9.17, 15) is 0 Å². The lowest BCUT2D eigenvalue weighted by Crippen LogP contribution is -2.18. The Balaban J connectivity index is 2.33. The average Bonchev–Trinajstić information content (AvgIpc) is 2.35. The fraction of sp³-hybridized carbons (Fsp3) is 0.500. The van der Waals surface area contributed by atoms with Crippen molar-refractivity contribution in [3.05, 3.63) is 29.3 Å². The van der Waals surface area contributed by atoms with E-state index < -0.39 is 0 Å². The lowest BCUT2D eigenvalue weighted by molar-refractivity contribution is 0.306. The first-order valence-electron chi connectivity index (χ1n) is 6.12. The number of aryl methyl sites for hydroxylation is 1. The molecule has 92 valence electrons. The SMILES string of the molecule is CCCNCCCOc1cc(C#N)ccc1C. The Labute approximate surface area is 103 Å². The van der Waals surface area contributed by atoms with Crippen LogP contribution in [0.15, 0.2) is 18.2 Å². The van der Waals surface area contributed by atoms with Gasteiger partial charge in [-0.3, -0.25) is 0 Å². The lowest BCUT2D eigenvalue weighted by Gasteiger charge is -2.09. The zero-order chi connectivity index (χ0) is 12.5. The van der Waals surface area contributed by atoms with Crippen LogP contribution in [0.4, 0.5) is 0 Å². The zero-order valence-electron chi connectivity index (χ0n) is 10.6. The Morgan fingerprint density at radius 1 is 1.35 bits per heavy atom. The van der Waals surface area contributed by atoms with E-state index in [2.05, 4.69) is 18.3 Å². The molecule has 0 unspecified atom stereocenters. The van der Waals surface area contributed by atoms with Gasteiger partial charge in [0.2, 0.25) is 0 Å². The maximum Gasteiger partial charge on any atom is 0.123 e. The molecule has 1 aromatic rings. The third-order valence-electron chi connectivity index (χ3n) is 2.50. The summed E-state index contributed by atoms with van der Waals surface area (Å²) < 4.78 is 5.67. The Bertz CT molecular complexity index is 382. The highest BCUT2D eigenvalue weighted by molar-refractivity contribution is 5.41. The van der Waals surface area contributed by atoms with E-state index >= 15 is 0 Å². The van der Waals surface area contributed by atoms with Crippen molar-refractivity contribution >= 4 is 0 Å². The van der Waals surface area contributed by atoms with Crippen LogP contribution in [0.2, 0.25) is 0 Å². The van der Waals surface area contributed by atoms with Gasteiger partial charge in [0.05, 0.1) is 18.2 Å². The zero-order valence-corrected chi connectivity index (χ0v) is 10.6. The fourth-order valence-electron chi connectivity index (χ4n) is 1.51. The van der Waals surface area contributed by atoms with E-state index in [1.54, 1.807) is 6.07 Å². The topological polar surface area (TPSA) is 45.0 Å². The van der Waals surface area contributed by atoms with Crippen LogP contribution < -0.4 is 10.1 Å². The van der Waals surface area contributed by atoms with Gasteiger partial charge in [0.15, 0.2) is 0 Å². The van der Waals surface area contributed by atoms with Crippen LogP contribution in [-0.4, -0.2) is 19.7 Å². The minimum Gasteiger partial charge on any atom is -0.493 e. The maximum atomic E-state index is 8.81. The normalized spacial score (nSPS) is 9.94. The largest absolute Gasteiger partial charge is 0.493 e. The number of rotatable bonds is 7. The van der Waals surface area contributed by atoms with E-state index in [4.69, 9.17) is 10.00 Å². The monoisotopic (exact) mass is 232 g/mol. The molecule has 17 heavy (non-hydrogen) atoms. The van der Waals surface area contributed by atoms with Gasteiger partial charge < -0.3 is 10.1 Å². The molecule has 0 aromatic heterocycles. The smallest absolute Gasteiger partial charge is 0.123 e. The van der Waals surface area contributed by atoms with Gasteiger partial charge in [-0.25, -0.2) is 0 Å². The van der Waals surface area contributed by atoms with Crippen LogP contribution in [-0.2, 0) is 0 Å². The molecule has 0 bridgehead atoms. The molecule has 0 radical (unpaired) electrons. The van der Waals surface area contributed by atoms with E-state index in [-0.39, 0.29) is 0 Å². The predicted octanol–water partition coefficient (Wildman–Crippen LogP) is 2.64. The summed E-state index contributed by atoms with van der Waals surface area (Å²) in [5.74, 6) is 0.819. The fourth-order valence-corrected chi connectivity index (χ4v) is 1.51. The highest BCUT2D eigenvalue weighted by atomic mass is 16.5. The first-order valence-corrected chi connectivity index (χ1v) is 6.12. The van der Waals surface area contributed by atoms with Crippen LogP contribution in [0.25, 0.3) is 0 Å². The Morgan fingerprint density at radius 3 is 2.88 bits per heavy atom. The van der Waals surface area contributed by atoms with Gasteiger partial charge in [-0.1, -0.05) is 13.0 Å². The number of nitrogens with one attached hydrogen (secondary N) is 1. The Morgan fingerprint density at radius 2 is 2.18 bits per heavy atom. The molecule has 0 spiro atoms. The summed E-state index contributed by atoms with van der Waals surface area (Å²) in [6, 6.07) is 7.65. The summed E-state index contributed by atoms with van der Waals surface area (Å²) in [4.78, 5) is 0. The molecule has 1 rings (SSSR count). The van der Waals surface area contributed by atoms with Gasteiger partial charge in [0.25, 0.3) is 0 Å².